The van der Waals surface area contributed by atoms with Crippen LogP contribution in [-0.2, 0) is 17.8 Å². The van der Waals surface area contributed by atoms with Crippen LogP contribution in [0, 0.1) is 0 Å². The molecule has 0 amide bonds. The van der Waals surface area contributed by atoms with Crippen molar-refractivity contribution in [3.63, 3.8) is 0 Å². The largest absolute Gasteiger partial charge is 0.369 e. The van der Waals surface area contributed by atoms with Gasteiger partial charge in [0.25, 0.3) is 0 Å². The Morgan fingerprint density at radius 3 is 2.45 bits per heavy atom. The van der Waals surface area contributed by atoms with E-state index in [1.165, 1.54) is 5.56 Å². The summed E-state index contributed by atoms with van der Waals surface area (Å²) in [4.78, 5) is 12.0. The van der Waals surface area contributed by atoms with Crippen LogP contribution in [0.4, 0.5) is 0 Å². The first-order chi connectivity index (χ1) is 9.70. The van der Waals surface area contributed by atoms with E-state index in [9.17, 15) is 4.79 Å². The van der Waals surface area contributed by atoms with Crippen molar-refractivity contribution in [1.82, 2.24) is 0 Å². The van der Waals surface area contributed by atoms with Crippen LogP contribution < -0.4 is 0 Å². The fourth-order valence-electron chi connectivity index (χ4n) is 1.88. The quantitative estimate of drug-likeness (QED) is 0.732. The van der Waals surface area contributed by atoms with E-state index in [1.54, 1.807) is 0 Å². The molecule has 2 nitrogen and oxygen atoms in total. The normalized spacial score (nSPS) is 10.5. The monoisotopic (exact) mass is 332 g/mol. The maximum atomic E-state index is 12.0. The van der Waals surface area contributed by atoms with Crippen LogP contribution in [0.1, 0.15) is 28.4 Å². The number of ketones is 1. The molecule has 20 heavy (non-hydrogen) atoms. The summed E-state index contributed by atoms with van der Waals surface area (Å²) in [7, 11) is 0. The predicted octanol–water partition coefficient (Wildman–Crippen LogP) is 4.41. The number of benzene rings is 2. The molecule has 0 aliphatic carbocycles. The van der Waals surface area contributed by atoms with Crippen molar-refractivity contribution in [3.05, 3.63) is 69.7 Å². The zero-order valence-corrected chi connectivity index (χ0v) is 13.0. The van der Waals surface area contributed by atoms with Crippen LogP contribution in [0.2, 0.25) is 0 Å². The zero-order valence-electron chi connectivity index (χ0n) is 11.4. The first kappa shape index (κ1) is 14.9. The van der Waals surface area contributed by atoms with E-state index in [0.717, 1.165) is 16.5 Å². The number of hydrogen-bond donors (Lipinski definition) is 0. The third-order valence-corrected chi connectivity index (χ3v) is 3.91. The summed E-state index contributed by atoms with van der Waals surface area (Å²) in [5, 5.41) is 0. The van der Waals surface area contributed by atoms with Crippen molar-refractivity contribution in [2.24, 2.45) is 0 Å². The average molecular weight is 333 g/mol. The van der Waals surface area contributed by atoms with Crippen LogP contribution in [0.15, 0.2) is 53.0 Å². The molecule has 0 heterocycles. The standard InChI is InChI=1S/C17H17BrO2/c1-2-13-7-9-14(10-8-13)17(19)12-20-11-15-5-3-4-6-16(15)18/h3-10H,2,11-12H2,1H3. The lowest BCUT2D eigenvalue weighted by Crippen LogP contribution is -2.09. The smallest absolute Gasteiger partial charge is 0.188 e. The van der Waals surface area contributed by atoms with Gasteiger partial charge in [-0.3, -0.25) is 4.79 Å². The van der Waals surface area contributed by atoms with E-state index >= 15 is 0 Å². The maximum Gasteiger partial charge on any atom is 0.188 e. The van der Waals surface area contributed by atoms with E-state index in [0.29, 0.717) is 12.2 Å². The van der Waals surface area contributed by atoms with Crippen LogP contribution in [0.3, 0.4) is 0 Å². The SMILES string of the molecule is CCc1ccc(C(=O)COCc2ccccc2Br)cc1. The lowest BCUT2D eigenvalue weighted by atomic mass is 10.1. The van der Waals surface area contributed by atoms with Gasteiger partial charge < -0.3 is 4.74 Å². The topological polar surface area (TPSA) is 26.3 Å². The number of carbonyl (C=O) groups excluding carboxylic acids is 1. The van der Waals surface area contributed by atoms with Gasteiger partial charge in [0.1, 0.15) is 6.61 Å². The van der Waals surface area contributed by atoms with Crippen molar-refractivity contribution in [2.45, 2.75) is 20.0 Å². The molecule has 0 atom stereocenters. The van der Waals surface area contributed by atoms with Gasteiger partial charge in [-0.15, -0.1) is 0 Å². The Labute approximate surface area is 127 Å². The molecule has 0 bridgehead atoms. The highest BCUT2D eigenvalue weighted by Gasteiger charge is 2.06. The second-order valence-corrected chi connectivity index (χ2v) is 5.41. The number of rotatable bonds is 6. The minimum atomic E-state index is 0.0136. The number of aryl methyl sites for hydroxylation is 1. The highest BCUT2D eigenvalue weighted by atomic mass is 79.9. The molecular formula is C17H17BrO2. The Kier molecular flexibility index (Phi) is 5.50. The summed E-state index contributed by atoms with van der Waals surface area (Å²) in [6, 6.07) is 15.5. The summed E-state index contributed by atoms with van der Waals surface area (Å²) in [6.07, 6.45) is 0.979. The van der Waals surface area contributed by atoms with Gasteiger partial charge in [0.2, 0.25) is 0 Å². The molecule has 0 N–H and O–H groups in total. The molecule has 0 unspecified atom stereocenters. The molecule has 104 valence electrons. The van der Waals surface area contributed by atoms with Crippen LogP contribution in [-0.4, -0.2) is 12.4 Å². The molecule has 0 spiro atoms. The van der Waals surface area contributed by atoms with Crippen molar-refractivity contribution in [2.75, 3.05) is 6.61 Å². The summed E-state index contributed by atoms with van der Waals surface area (Å²) < 4.78 is 6.49. The number of hydrogen-bond acceptors (Lipinski definition) is 2. The molecule has 0 fully saturated rings. The van der Waals surface area contributed by atoms with Crippen molar-refractivity contribution < 1.29 is 9.53 Å². The summed E-state index contributed by atoms with van der Waals surface area (Å²) >= 11 is 3.46. The van der Waals surface area contributed by atoms with Gasteiger partial charge in [-0.05, 0) is 23.6 Å². The van der Waals surface area contributed by atoms with Crippen molar-refractivity contribution in [1.29, 1.82) is 0 Å². The maximum absolute atomic E-state index is 12.0. The third-order valence-electron chi connectivity index (χ3n) is 3.13. The van der Waals surface area contributed by atoms with E-state index in [-0.39, 0.29) is 12.4 Å². The molecule has 3 heteroatoms. The summed E-state index contributed by atoms with van der Waals surface area (Å²) in [6.45, 7) is 2.63. The van der Waals surface area contributed by atoms with Crippen molar-refractivity contribution in [3.8, 4) is 0 Å². The highest BCUT2D eigenvalue weighted by molar-refractivity contribution is 9.10. The second-order valence-electron chi connectivity index (χ2n) is 4.56. The minimum absolute atomic E-state index is 0.0136. The van der Waals surface area contributed by atoms with Gasteiger partial charge in [0.05, 0.1) is 6.61 Å². The summed E-state index contributed by atoms with van der Waals surface area (Å²) in [5.74, 6) is 0.0136. The van der Waals surface area contributed by atoms with Crippen LogP contribution >= 0.6 is 15.9 Å². The molecule has 0 saturated heterocycles. The highest BCUT2D eigenvalue weighted by Crippen LogP contribution is 2.16. The molecule has 2 rings (SSSR count). The van der Waals surface area contributed by atoms with Crippen LogP contribution in [0.25, 0.3) is 0 Å². The predicted molar refractivity (Wildman–Crippen MR) is 83.9 cm³/mol. The molecular weight excluding hydrogens is 316 g/mol. The van der Waals surface area contributed by atoms with Gasteiger partial charge >= 0.3 is 0 Å². The minimum Gasteiger partial charge on any atom is -0.369 e. The van der Waals surface area contributed by atoms with E-state index in [1.807, 2.05) is 48.5 Å². The fourth-order valence-corrected chi connectivity index (χ4v) is 2.28. The second kappa shape index (κ2) is 7.36. The van der Waals surface area contributed by atoms with Crippen LogP contribution in [0.5, 0.6) is 0 Å². The van der Waals surface area contributed by atoms with Gasteiger partial charge in [0.15, 0.2) is 5.78 Å². The molecule has 0 saturated carbocycles. The first-order valence-corrected chi connectivity index (χ1v) is 7.43. The Morgan fingerprint density at radius 2 is 1.80 bits per heavy atom. The fraction of sp³-hybridized carbons (Fsp3) is 0.235. The average Bonchev–Trinajstić information content (AvgIpc) is 2.49. The van der Waals surface area contributed by atoms with Gasteiger partial charge in [-0.1, -0.05) is 65.3 Å². The number of halogens is 1. The molecule has 2 aromatic carbocycles. The van der Waals surface area contributed by atoms with E-state index in [4.69, 9.17) is 4.74 Å². The molecule has 0 radical (unpaired) electrons. The molecule has 0 aromatic heterocycles. The first-order valence-electron chi connectivity index (χ1n) is 6.64. The lowest BCUT2D eigenvalue weighted by Gasteiger charge is -2.06. The molecule has 2 aromatic rings. The summed E-state index contributed by atoms with van der Waals surface area (Å²) in [5.41, 5.74) is 2.98. The number of ether oxygens (including phenoxy) is 1. The zero-order chi connectivity index (χ0) is 14.4. The van der Waals surface area contributed by atoms with Crippen molar-refractivity contribution >= 4 is 21.7 Å². The number of carbonyl (C=O) groups is 1. The number of Topliss-reactive ketones (excluding diaryl/α,β-unsaturated/α-hetero) is 1. The Balaban J connectivity index is 1.87. The van der Waals surface area contributed by atoms with Gasteiger partial charge in [-0.25, -0.2) is 0 Å². The van der Waals surface area contributed by atoms with Gasteiger partial charge in [-0.2, -0.15) is 0 Å². The van der Waals surface area contributed by atoms with Gasteiger partial charge in [0, 0.05) is 10.0 Å². The third kappa shape index (κ3) is 4.02. The van der Waals surface area contributed by atoms with E-state index in [2.05, 4.69) is 22.9 Å². The Bertz CT molecular complexity index is 576. The molecule has 0 aliphatic heterocycles. The van der Waals surface area contributed by atoms with E-state index < -0.39 is 0 Å². The molecule has 0 aliphatic rings. The Hall–Kier alpha value is -1.45. The lowest BCUT2D eigenvalue weighted by molar-refractivity contribution is 0.0725. The Morgan fingerprint density at radius 1 is 1.10 bits per heavy atom.